The first-order valence-electron chi connectivity index (χ1n) is 7.76. The number of rotatable bonds is 3. The molecule has 0 saturated heterocycles. The molecule has 6 heteroatoms. The smallest absolute Gasteiger partial charge is 0.252 e. The van der Waals surface area contributed by atoms with Crippen molar-refractivity contribution in [2.24, 2.45) is 0 Å². The zero-order valence-corrected chi connectivity index (χ0v) is 13.8. The maximum atomic E-state index is 12.3. The Labute approximate surface area is 139 Å². The number of hydrogen-bond donors (Lipinski definition) is 2. The van der Waals surface area contributed by atoms with Crippen molar-refractivity contribution in [1.29, 1.82) is 0 Å². The lowest BCUT2D eigenvalue weighted by Gasteiger charge is -2.16. The molecule has 0 aliphatic carbocycles. The minimum Gasteiger partial charge on any atom is -0.346 e. The Morgan fingerprint density at radius 3 is 2.71 bits per heavy atom. The molecule has 0 fully saturated rings. The standard InChI is InChI=1S/C18H19N3O3/c1-10-6-14(8-16(22)19-10)18(24)20-11(2)12-4-5-15-13(7-12)9-17(23)21(15)3/h4-8,11H,9H2,1-3H3,(H,19,22)(H,20,24). The zero-order chi connectivity index (χ0) is 17.4. The largest absolute Gasteiger partial charge is 0.346 e. The van der Waals surface area contributed by atoms with E-state index in [0.717, 1.165) is 16.8 Å². The number of H-pyrrole nitrogens is 1. The van der Waals surface area contributed by atoms with Crippen LogP contribution in [0.1, 0.15) is 40.1 Å². The van der Waals surface area contributed by atoms with Crippen LogP contribution in [0.4, 0.5) is 5.69 Å². The second kappa shape index (κ2) is 5.96. The van der Waals surface area contributed by atoms with E-state index in [2.05, 4.69) is 10.3 Å². The Kier molecular flexibility index (Phi) is 3.97. The third kappa shape index (κ3) is 2.95. The van der Waals surface area contributed by atoms with Gasteiger partial charge in [0, 0.05) is 30.1 Å². The predicted molar refractivity (Wildman–Crippen MR) is 91.2 cm³/mol. The van der Waals surface area contributed by atoms with E-state index < -0.39 is 0 Å². The molecule has 0 radical (unpaired) electrons. The van der Waals surface area contributed by atoms with Crippen molar-refractivity contribution in [2.45, 2.75) is 26.3 Å². The highest BCUT2D eigenvalue weighted by atomic mass is 16.2. The van der Waals surface area contributed by atoms with Crippen molar-refractivity contribution < 1.29 is 9.59 Å². The van der Waals surface area contributed by atoms with Crippen molar-refractivity contribution in [3.63, 3.8) is 0 Å². The molecule has 0 bridgehead atoms. The quantitative estimate of drug-likeness (QED) is 0.901. The van der Waals surface area contributed by atoms with Gasteiger partial charge in [-0.2, -0.15) is 0 Å². The number of carbonyl (C=O) groups excluding carboxylic acids is 2. The van der Waals surface area contributed by atoms with Crippen LogP contribution in [0.2, 0.25) is 0 Å². The molecule has 1 aromatic carbocycles. The molecule has 0 spiro atoms. The average molecular weight is 325 g/mol. The summed E-state index contributed by atoms with van der Waals surface area (Å²) >= 11 is 0. The van der Waals surface area contributed by atoms with Gasteiger partial charge in [0.15, 0.2) is 0 Å². The molecular weight excluding hydrogens is 306 g/mol. The fraction of sp³-hybridized carbons (Fsp3) is 0.278. The molecule has 2 heterocycles. The summed E-state index contributed by atoms with van der Waals surface area (Å²) in [6.07, 6.45) is 0.383. The minimum absolute atomic E-state index is 0.0674. The van der Waals surface area contributed by atoms with Gasteiger partial charge in [0.25, 0.3) is 5.91 Å². The van der Waals surface area contributed by atoms with Crippen LogP contribution >= 0.6 is 0 Å². The highest BCUT2D eigenvalue weighted by molar-refractivity contribution is 6.01. The van der Waals surface area contributed by atoms with E-state index in [-0.39, 0.29) is 23.4 Å². The molecule has 3 rings (SSSR count). The van der Waals surface area contributed by atoms with Gasteiger partial charge < -0.3 is 15.2 Å². The molecule has 1 aliphatic rings. The first-order chi connectivity index (χ1) is 11.3. The molecular formula is C18H19N3O3. The summed E-state index contributed by atoms with van der Waals surface area (Å²) in [5.74, 6) is -0.233. The monoisotopic (exact) mass is 325 g/mol. The number of aromatic amines is 1. The molecule has 1 aliphatic heterocycles. The number of nitrogens with one attached hydrogen (secondary N) is 2. The normalized spacial score (nSPS) is 14.5. The Hall–Kier alpha value is -2.89. The molecule has 1 unspecified atom stereocenters. The van der Waals surface area contributed by atoms with Crippen molar-refractivity contribution in [3.05, 3.63) is 63.1 Å². The molecule has 2 N–H and O–H groups in total. The lowest BCUT2D eigenvalue weighted by Crippen LogP contribution is -2.28. The molecule has 24 heavy (non-hydrogen) atoms. The summed E-state index contributed by atoms with van der Waals surface area (Å²) in [7, 11) is 1.76. The van der Waals surface area contributed by atoms with Crippen LogP contribution < -0.4 is 15.8 Å². The molecule has 124 valence electrons. The van der Waals surface area contributed by atoms with Crippen molar-refractivity contribution in [3.8, 4) is 0 Å². The van der Waals surface area contributed by atoms with E-state index in [1.54, 1.807) is 24.9 Å². The number of hydrogen-bond acceptors (Lipinski definition) is 3. The van der Waals surface area contributed by atoms with E-state index in [1.165, 1.54) is 6.07 Å². The van der Waals surface area contributed by atoms with Crippen molar-refractivity contribution in [2.75, 3.05) is 11.9 Å². The number of pyridine rings is 1. The second-order valence-corrected chi connectivity index (χ2v) is 6.13. The highest BCUT2D eigenvalue weighted by Gasteiger charge is 2.24. The number of benzene rings is 1. The molecule has 0 saturated carbocycles. The Morgan fingerprint density at radius 2 is 2.00 bits per heavy atom. The summed E-state index contributed by atoms with van der Waals surface area (Å²) in [6, 6.07) is 8.44. The zero-order valence-electron chi connectivity index (χ0n) is 13.8. The van der Waals surface area contributed by atoms with E-state index in [9.17, 15) is 14.4 Å². The highest BCUT2D eigenvalue weighted by Crippen LogP contribution is 2.30. The Morgan fingerprint density at radius 1 is 1.25 bits per heavy atom. The van der Waals surface area contributed by atoms with Gasteiger partial charge in [0.2, 0.25) is 11.5 Å². The number of nitrogens with zero attached hydrogens (tertiary/aromatic N) is 1. The minimum atomic E-state index is -0.301. The van der Waals surface area contributed by atoms with Crippen LogP contribution in [-0.2, 0) is 11.2 Å². The maximum absolute atomic E-state index is 12.3. The molecule has 2 amide bonds. The number of amides is 2. The van der Waals surface area contributed by atoms with Gasteiger partial charge in [-0.3, -0.25) is 14.4 Å². The van der Waals surface area contributed by atoms with E-state index in [1.807, 2.05) is 25.1 Å². The van der Waals surface area contributed by atoms with Gasteiger partial charge in [0.05, 0.1) is 12.5 Å². The Balaban J connectivity index is 1.79. The van der Waals surface area contributed by atoms with E-state index >= 15 is 0 Å². The van der Waals surface area contributed by atoms with Crippen LogP contribution in [0.15, 0.2) is 35.1 Å². The Bertz CT molecular complexity index is 885. The van der Waals surface area contributed by atoms with Crippen LogP contribution in [0.3, 0.4) is 0 Å². The molecule has 1 atom stereocenters. The number of carbonyl (C=O) groups is 2. The lowest BCUT2D eigenvalue weighted by molar-refractivity contribution is -0.117. The third-order valence-electron chi connectivity index (χ3n) is 4.27. The van der Waals surface area contributed by atoms with E-state index in [4.69, 9.17) is 0 Å². The first kappa shape index (κ1) is 16.0. The summed E-state index contributed by atoms with van der Waals surface area (Å²) in [5.41, 5.74) is 3.47. The third-order valence-corrected chi connectivity index (χ3v) is 4.27. The van der Waals surface area contributed by atoms with Crippen LogP contribution in [0, 0.1) is 6.92 Å². The number of aromatic nitrogens is 1. The fourth-order valence-corrected chi connectivity index (χ4v) is 2.94. The summed E-state index contributed by atoms with van der Waals surface area (Å²) in [6.45, 7) is 3.61. The predicted octanol–water partition coefficient (Wildman–Crippen LogP) is 1.69. The number of fused-ring (bicyclic) bond motifs is 1. The molecule has 1 aromatic heterocycles. The summed E-state index contributed by atoms with van der Waals surface area (Å²) in [4.78, 5) is 39.9. The van der Waals surface area contributed by atoms with Crippen LogP contribution in [-0.4, -0.2) is 23.8 Å². The lowest BCUT2D eigenvalue weighted by atomic mass is 10.0. The van der Waals surface area contributed by atoms with Crippen LogP contribution in [0.5, 0.6) is 0 Å². The summed E-state index contributed by atoms with van der Waals surface area (Å²) in [5, 5.41) is 2.89. The first-order valence-corrected chi connectivity index (χ1v) is 7.76. The topological polar surface area (TPSA) is 82.3 Å². The second-order valence-electron chi connectivity index (χ2n) is 6.13. The van der Waals surface area contributed by atoms with Gasteiger partial charge in [0.1, 0.15) is 0 Å². The SMILES string of the molecule is Cc1cc(C(=O)NC(C)c2ccc3c(c2)CC(=O)N3C)cc(=O)[nH]1. The van der Waals surface area contributed by atoms with Gasteiger partial charge >= 0.3 is 0 Å². The van der Waals surface area contributed by atoms with Gasteiger partial charge in [-0.05, 0) is 37.1 Å². The molecule has 6 nitrogen and oxygen atoms in total. The number of anilines is 1. The van der Waals surface area contributed by atoms with Gasteiger partial charge in [-0.1, -0.05) is 12.1 Å². The number of likely N-dealkylation sites (N-methyl/N-ethyl adjacent to an activating group) is 1. The summed E-state index contributed by atoms with van der Waals surface area (Å²) < 4.78 is 0. The van der Waals surface area contributed by atoms with Crippen LogP contribution in [0.25, 0.3) is 0 Å². The molecule has 2 aromatic rings. The number of aryl methyl sites for hydroxylation is 1. The van der Waals surface area contributed by atoms with E-state index in [0.29, 0.717) is 17.7 Å². The van der Waals surface area contributed by atoms with Crippen molar-refractivity contribution in [1.82, 2.24) is 10.3 Å². The maximum Gasteiger partial charge on any atom is 0.252 e. The van der Waals surface area contributed by atoms with Gasteiger partial charge in [-0.15, -0.1) is 0 Å². The fourth-order valence-electron chi connectivity index (χ4n) is 2.94. The average Bonchev–Trinajstić information content (AvgIpc) is 2.80. The van der Waals surface area contributed by atoms with Crippen molar-refractivity contribution >= 4 is 17.5 Å². The van der Waals surface area contributed by atoms with Gasteiger partial charge in [-0.25, -0.2) is 0 Å².